The number of likely N-dealkylation sites (tertiary alicyclic amines) is 1. The van der Waals surface area contributed by atoms with Crippen molar-refractivity contribution >= 4 is 29.9 Å². The molecule has 1 saturated carbocycles. The van der Waals surface area contributed by atoms with Crippen LogP contribution in [0.3, 0.4) is 0 Å². The van der Waals surface area contributed by atoms with E-state index in [1.807, 2.05) is 7.05 Å². The van der Waals surface area contributed by atoms with Gasteiger partial charge in [-0.05, 0) is 36.7 Å². The highest BCUT2D eigenvalue weighted by Gasteiger charge is 2.43. The summed E-state index contributed by atoms with van der Waals surface area (Å²) in [6, 6.07) is 10.6. The highest BCUT2D eigenvalue weighted by molar-refractivity contribution is 14.0. The predicted octanol–water partition coefficient (Wildman–Crippen LogP) is 3.30. The Balaban J connectivity index is 0.00000161. The zero-order valence-corrected chi connectivity index (χ0v) is 15.2. The standard InChI is InChI=1S/C17H25N3.HI/c1-18-16(19-12-8-15-6-3-2-4-7-15)20-13-11-17(14-20)9-5-10-17;/h2-4,6-7H,5,8-14H2,1H3,(H,18,19);1H. The topological polar surface area (TPSA) is 27.6 Å². The van der Waals surface area contributed by atoms with Crippen LogP contribution in [0.1, 0.15) is 31.2 Å². The molecule has 0 radical (unpaired) electrons. The minimum Gasteiger partial charge on any atom is -0.356 e. The normalized spacial score (nSPS) is 20.0. The molecule has 0 aromatic heterocycles. The van der Waals surface area contributed by atoms with E-state index in [0.717, 1.165) is 18.9 Å². The quantitative estimate of drug-likeness (QED) is 0.480. The molecule has 21 heavy (non-hydrogen) atoms. The van der Waals surface area contributed by atoms with E-state index < -0.39 is 0 Å². The first-order valence-electron chi connectivity index (χ1n) is 7.81. The van der Waals surface area contributed by atoms with Crippen LogP contribution < -0.4 is 5.32 Å². The van der Waals surface area contributed by atoms with Gasteiger partial charge in [-0.1, -0.05) is 36.8 Å². The van der Waals surface area contributed by atoms with Gasteiger partial charge in [-0.15, -0.1) is 24.0 Å². The molecule has 3 rings (SSSR count). The van der Waals surface area contributed by atoms with E-state index in [0.29, 0.717) is 5.41 Å². The predicted molar refractivity (Wildman–Crippen MR) is 99.4 cm³/mol. The Labute approximate surface area is 145 Å². The molecular weight excluding hydrogens is 373 g/mol. The van der Waals surface area contributed by atoms with Crippen molar-refractivity contribution in [3.05, 3.63) is 35.9 Å². The van der Waals surface area contributed by atoms with Crippen LogP contribution >= 0.6 is 24.0 Å². The van der Waals surface area contributed by atoms with E-state index >= 15 is 0 Å². The maximum Gasteiger partial charge on any atom is 0.193 e. The summed E-state index contributed by atoms with van der Waals surface area (Å²) in [5.41, 5.74) is 2.02. The van der Waals surface area contributed by atoms with Crippen LogP contribution in [0.25, 0.3) is 0 Å². The van der Waals surface area contributed by atoms with Crippen molar-refractivity contribution in [2.45, 2.75) is 32.1 Å². The lowest BCUT2D eigenvalue weighted by atomic mass is 9.68. The number of nitrogens with zero attached hydrogens (tertiary/aromatic N) is 2. The van der Waals surface area contributed by atoms with Gasteiger partial charge in [0, 0.05) is 26.7 Å². The molecule has 1 aromatic rings. The van der Waals surface area contributed by atoms with Crippen molar-refractivity contribution in [2.24, 2.45) is 10.4 Å². The highest BCUT2D eigenvalue weighted by atomic mass is 127. The molecule has 4 heteroatoms. The molecule has 3 nitrogen and oxygen atoms in total. The van der Waals surface area contributed by atoms with Crippen molar-refractivity contribution in [1.29, 1.82) is 0 Å². The first-order chi connectivity index (χ1) is 9.81. The smallest absolute Gasteiger partial charge is 0.193 e. The average Bonchev–Trinajstić information content (AvgIpc) is 2.90. The maximum atomic E-state index is 4.46. The molecule has 1 aliphatic heterocycles. The van der Waals surface area contributed by atoms with Gasteiger partial charge in [0.15, 0.2) is 5.96 Å². The Bertz CT molecular complexity index is 468. The zero-order chi connectivity index (χ0) is 13.8. The van der Waals surface area contributed by atoms with Gasteiger partial charge < -0.3 is 10.2 Å². The van der Waals surface area contributed by atoms with E-state index in [2.05, 4.69) is 45.5 Å². The average molecular weight is 399 g/mol. The third-order valence-corrected chi connectivity index (χ3v) is 4.90. The van der Waals surface area contributed by atoms with Crippen molar-refractivity contribution < 1.29 is 0 Å². The summed E-state index contributed by atoms with van der Waals surface area (Å²) >= 11 is 0. The summed E-state index contributed by atoms with van der Waals surface area (Å²) in [6.45, 7) is 3.34. The van der Waals surface area contributed by atoms with Gasteiger partial charge in [0.1, 0.15) is 0 Å². The zero-order valence-electron chi connectivity index (χ0n) is 12.8. The summed E-state index contributed by atoms with van der Waals surface area (Å²) in [6.07, 6.45) is 6.67. The molecular formula is C17H26IN3. The second-order valence-corrected chi connectivity index (χ2v) is 6.23. The Kier molecular flexibility index (Phi) is 5.90. The summed E-state index contributed by atoms with van der Waals surface area (Å²) in [4.78, 5) is 6.91. The Hall–Kier alpha value is -0.780. The van der Waals surface area contributed by atoms with E-state index in [-0.39, 0.29) is 24.0 Å². The molecule has 1 N–H and O–H groups in total. The van der Waals surface area contributed by atoms with Gasteiger partial charge in [-0.3, -0.25) is 4.99 Å². The molecule has 0 unspecified atom stereocenters. The summed E-state index contributed by atoms with van der Waals surface area (Å²) < 4.78 is 0. The molecule has 2 aliphatic rings. The molecule has 1 saturated heterocycles. The van der Waals surface area contributed by atoms with Gasteiger partial charge in [0.2, 0.25) is 0 Å². The number of benzene rings is 1. The fourth-order valence-corrected chi connectivity index (χ4v) is 3.50. The Morgan fingerprint density at radius 3 is 2.57 bits per heavy atom. The molecule has 1 aliphatic carbocycles. The second kappa shape index (κ2) is 7.47. The molecule has 1 spiro atoms. The number of halogens is 1. The lowest BCUT2D eigenvalue weighted by Gasteiger charge is -2.38. The summed E-state index contributed by atoms with van der Waals surface area (Å²) in [5.74, 6) is 1.09. The van der Waals surface area contributed by atoms with Crippen LogP contribution in [0, 0.1) is 5.41 Å². The van der Waals surface area contributed by atoms with Gasteiger partial charge in [0.25, 0.3) is 0 Å². The number of nitrogens with one attached hydrogen (secondary N) is 1. The number of hydrogen-bond donors (Lipinski definition) is 1. The van der Waals surface area contributed by atoms with E-state index in [4.69, 9.17) is 0 Å². The highest BCUT2D eigenvalue weighted by Crippen LogP contribution is 2.47. The third-order valence-electron chi connectivity index (χ3n) is 4.90. The van der Waals surface area contributed by atoms with Crippen molar-refractivity contribution in [3.63, 3.8) is 0 Å². The third kappa shape index (κ3) is 3.90. The number of rotatable bonds is 3. The van der Waals surface area contributed by atoms with Crippen LogP contribution in [0.15, 0.2) is 35.3 Å². The second-order valence-electron chi connectivity index (χ2n) is 6.23. The molecule has 0 bridgehead atoms. The van der Waals surface area contributed by atoms with Crippen LogP contribution in [0.5, 0.6) is 0 Å². The lowest BCUT2D eigenvalue weighted by Crippen LogP contribution is -2.43. The monoisotopic (exact) mass is 399 g/mol. The minimum atomic E-state index is 0. The van der Waals surface area contributed by atoms with E-state index in [1.165, 1.54) is 44.3 Å². The largest absolute Gasteiger partial charge is 0.356 e. The van der Waals surface area contributed by atoms with Crippen LogP contribution in [-0.2, 0) is 6.42 Å². The molecule has 1 aromatic carbocycles. The van der Waals surface area contributed by atoms with Crippen molar-refractivity contribution in [2.75, 3.05) is 26.7 Å². The lowest BCUT2D eigenvalue weighted by molar-refractivity contribution is 0.151. The van der Waals surface area contributed by atoms with Gasteiger partial charge in [0.05, 0.1) is 0 Å². The van der Waals surface area contributed by atoms with Gasteiger partial charge in [-0.2, -0.15) is 0 Å². The van der Waals surface area contributed by atoms with E-state index in [9.17, 15) is 0 Å². The number of hydrogen-bond acceptors (Lipinski definition) is 1. The molecule has 1 heterocycles. The minimum absolute atomic E-state index is 0. The fraction of sp³-hybridized carbons (Fsp3) is 0.588. The fourth-order valence-electron chi connectivity index (χ4n) is 3.50. The Morgan fingerprint density at radius 1 is 1.24 bits per heavy atom. The molecule has 2 fully saturated rings. The Morgan fingerprint density at radius 2 is 2.00 bits per heavy atom. The number of guanidine groups is 1. The van der Waals surface area contributed by atoms with E-state index in [1.54, 1.807) is 0 Å². The molecule has 116 valence electrons. The first-order valence-corrected chi connectivity index (χ1v) is 7.81. The van der Waals surface area contributed by atoms with Crippen LogP contribution in [-0.4, -0.2) is 37.5 Å². The van der Waals surface area contributed by atoms with Crippen LogP contribution in [0.2, 0.25) is 0 Å². The van der Waals surface area contributed by atoms with Crippen molar-refractivity contribution in [3.8, 4) is 0 Å². The van der Waals surface area contributed by atoms with Crippen LogP contribution in [0.4, 0.5) is 0 Å². The number of aliphatic imine (C=N–C) groups is 1. The summed E-state index contributed by atoms with van der Waals surface area (Å²) in [7, 11) is 1.90. The molecule has 0 atom stereocenters. The van der Waals surface area contributed by atoms with Gasteiger partial charge in [-0.25, -0.2) is 0 Å². The summed E-state index contributed by atoms with van der Waals surface area (Å²) in [5, 5.41) is 3.52. The van der Waals surface area contributed by atoms with Crippen molar-refractivity contribution in [1.82, 2.24) is 10.2 Å². The first kappa shape index (κ1) is 16.6. The molecule has 0 amide bonds. The SMILES string of the molecule is CN=C(NCCc1ccccc1)N1CCC2(CCC2)C1.I. The maximum absolute atomic E-state index is 4.46. The van der Waals surface area contributed by atoms with Gasteiger partial charge >= 0.3 is 0 Å².